The van der Waals surface area contributed by atoms with Crippen molar-refractivity contribution in [2.75, 3.05) is 19.8 Å². The fourth-order valence-electron chi connectivity index (χ4n) is 2.04. The lowest BCUT2D eigenvalue weighted by molar-refractivity contribution is -0.139. The number of ether oxygens (including phenoxy) is 3. The van der Waals surface area contributed by atoms with Crippen LogP contribution in [0.3, 0.4) is 0 Å². The van der Waals surface area contributed by atoms with E-state index in [1.807, 2.05) is 20.8 Å². The molecule has 0 spiro atoms. The first-order valence-electron chi connectivity index (χ1n) is 6.51. The summed E-state index contributed by atoms with van der Waals surface area (Å²) in [5.74, 6) is 0.872. The zero-order valence-corrected chi connectivity index (χ0v) is 11.7. The Labute approximate surface area is 109 Å². The van der Waals surface area contributed by atoms with Crippen molar-refractivity contribution in [3.8, 4) is 0 Å². The van der Waals surface area contributed by atoms with E-state index in [-0.39, 0.29) is 17.5 Å². The maximum atomic E-state index is 11.9. The van der Waals surface area contributed by atoms with E-state index in [1.165, 1.54) is 0 Å². The molecule has 0 aliphatic carbocycles. The standard InChI is InChI=1S/C14H24O4/c1-5-16-11(2)6-7-12(15)10-14(3,4)13-17-8-9-18-13/h13H,2,5-10H2,1,3-4H3. The van der Waals surface area contributed by atoms with E-state index in [1.54, 1.807) is 0 Å². The molecule has 0 N–H and O–H groups in total. The maximum absolute atomic E-state index is 11.9. The van der Waals surface area contributed by atoms with Gasteiger partial charge in [-0.1, -0.05) is 20.4 Å². The Bertz CT molecular complexity index is 290. The Hall–Kier alpha value is -0.870. The molecule has 104 valence electrons. The molecule has 0 saturated carbocycles. The van der Waals surface area contributed by atoms with Crippen LogP contribution < -0.4 is 0 Å². The van der Waals surface area contributed by atoms with Crippen LogP contribution in [0.2, 0.25) is 0 Å². The topological polar surface area (TPSA) is 44.8 Å². The summed E-state index contributed by atoms with van der Waals surface area (Å²) in [5.41, 5.74) is -0.277. The van der Waals surface area contributed by atoms with Crippen molar-refractivity contribution in [2.24, 2.45) is 5.41 Å². The normalized spacial score (nSPS) is 16.8. The van der Waals surface area contributed by atoms with Gasteiger partial charge in [0.25, 0.3) is 0 Å². The molecule has 4 heteroatoms. The number of hydrogen-bond acceptors (Lipinski definition) is 4. The largest absolute Gasteiger partial charge is 0.499 e. The summed E-state index contributed by atoms with van der Waals surface area (Å²) in [6, 6.07) is 0. The van der Waals surface area contributed by atoms with Gasteiger partial charge in [0.1, 0.15) is 5.78 Å². The van der Waals surface area contributed by atoms with E-state index in [0.29, 0.717) is 44.8 Å². The van der Waals surface area contributed by atoms with E-state index in [2.05, 4.69) is 6.58 Å². The van der Waals surface area contributed by atoms with Crippen molar-refractivity contribution in [3.63, 3.8) is 0 Å². The van der Waals surface area contributed by atoms with Gasteiger partial charge in [0, 0.05) is 24.7 Å². The minimum Gasteiger partial charge on any atom is -0.499 e. The molecule has 0 aromatic heterocycles. The highest BCUT2D eigenvalue weighted by Gasteiger charge is 2.35. The summed E-state index contributed by atoms with van der Waals surface area (Å²) in [4.78, 5) is 11.9. The summed E-state index contributed by atoms with van der Waals surface area (Å²) in [6.45, 7) is 11.5. The fourth-order valence-corrected chi connectivity index (χ4v) is 2.04. The minimum absolute atomic E-state index is 0.194. The highest BCUT2D eigenvalue weighted by atomic mass is 16.7. The number of rotatable bonds is 8. The molecule has 0 bridgehead atoms. The van der Waals surface area contributed by atoms with Crippen LogP contribution >= 0.6 is 0 Å². The zero-order valence-electron chi connectivity index (χ0n) is 11.7. The van der Waals surface area contributed by atoms with Crippen LogP contribution in [0.1, 0.15) is 40.0 Å². The molecule has 1 saturated heterocycles. The third-order valence-electron chi connectivity index (χ3n) is 2.94. The molecule has 1 fully saturated rings. The molecule has 1 heterocycles. The van der Waals surface area contributed by atoms with Crippen molar-refractivity contribution in [1.82, 2.24) is 0 Å². The first-order valence-corrected chi connectivity index (χ1v) is 6.51. The van der Waals surface area contributed by atoms with Crippen LogP contribution in [0.5, 0.6) is 0 Å². The lowest BCUT2D eigenvalue weighted by Crippen LogP contribution is -2.32. The van der Waals surface area contributed by atoms with Gasteiger partial charge in [0.2, 0.25) is 0 Å². The smallest absolute Gasteiger partial charge is 0.163 e. The Balaban J connectivity index is 2.32. The second kappa shape index (κ2) is 6.90. The molecule has 0 atom stereocenters. The van der Waals surface area contributed by atoms with Gasteiger partial charge in [-0.05, 0) is 6.92 Å². The molecule has 0 radical (unpaired) electrons. The van der Waals surface area contributed by atoms with Gasteiger partial charge in [0.05, 0.1) is 25.6 Å². The van der Waals surface area contributed by atoms with Crippen molar-refractivity contribution in [1.29, 1.82) is 0 Å². The Morgan fingerprint density at radius 1 is 1.33 bits per heavy atom. The molecule has 1 aliphatic rings. The summed E-state index contributed by atoms with van der Waals surface area (Å²) in [6.07, 6.45) is 1.25. The third kappa shape index (κ3) is 4.78. The highest BCUT2D eigenvalue weighted by Crippen LogP contribution is 2.31. The zero-order chi connectivity index (χ0) is 13.6. The molecule has 0 amide bonds. The van der Waals surface area contributed by atoms with E-state index >= 15 is 0 Å². The fraction of sp³-hybridized carbons (Fsp3) is 0.786. The number of Topliss-reactive ketones (excluding diaryl/α,β-unsaturated/α-hetero) is 1. The van der Waals surface area contributed by atoms with Crippen LogP contribution in [-0.4, -0.2) is 31.9 Å². The third-order valence-corrected chi connectivity index (χ3v) is 2.94. The molecule has 0 aromatic carbocycles. The quantitative estimate of drug-likeness (QED) is 0.626. The van der Waals surface area contributed by atoms with Crippen molar-refractivity contribution in [2.45, 2.75) is 46.3 Å². The molecule has 1 aliphatic heterocycles. The van der Waals surface area contributed by atoms with Gasteiger partial charge in [0.15, 0.2) is 6.29 Å². The molecular formula is C14H24O4. The minimum atomic E-state index is -0.277. The number of allylic oxidation sites excluding steroid dienone is 1. The lowest BCUT2D eigenvalue weighted by Gasteiger charge is -2.29. The Morgan fingerprint density at radius 3 is 2.50 bits per heavy atom. The van der Waals surface area contributed by atoms with Gasteiger partial charge in [-0.25, -0.2) is 0 Å². The van der Waals surface area contributed by atoms with Gasteiger partial charge in [-0.3, -0.25) is 4.79 Å². The van der Waals surface area contributed by atoms with Crippen molar-refractivity contribution >= 4 is 5.78 Å². The Kier molecular flexibility index (Phi) is 5.82. The second-order valence-electron chi connectivity index (χ2n) is 5.25. The Morgan fingerprint density at radius 2 is 1.94 bits per heavy atom. The molecule has 4 nitrogen and oxygen atoms in total. The monoisotopic (exact) mass is 256 g/mol. The second-order valence-corrected chi connectivity index (χ2v) is 5.25. The SMILES string of the molecule is C=C(CCC(=O)CC(C)(C)C1OCCO1)OCC. The predicted octanol–water partition coefficient (Wildman–Crippen LogP) is 2.68. The molecule has 0 unspecified atom stereocenters. The summed E-state index contributed by atoms with van der Waals surface area (Å²) in [5, 5.41) is 0. The number of hydrogen-bond donors (Lipinski definition) is 0. The number of carbonyl (C=O) groups is 1. The van der Waals surface area contributed by atoms with Crippen molar-refractivity contribution < 1.29 is 19.0 Å². The van der Waals surface area contributed by atoms with Crippen LogP contribution in [0, 0.1) is 5.41 Å². The van der Waals surface area contributed by atoms with Crippen molar-refractivity contribution in [3.05, 3.63) is 12.3 Å². The van der Waals surface area contributed by atoms with E-state index in [9.17, 15) is 4.79 Å². The maximum Gasteiger partial charge on any atom is 0.163 e. The molecule has 0 aromatic rings. The average molecular weight is 256 g/mol. The molecular weight excluding hydrogens is 232 g/mol. The van der Waals surface area contributed by atoms with E-state index < -0.39 is 0 Å². The summed E-state index contributed by atoms with van der Waals surface area (Å²) < 4.78 is 16.2. The van der Waals surface area contributed by atoms with Crippen LogP contribution in [0.25, 0.3) is 0 Å². The first-order chi connectivity index (χ1) is 8.45. The van der Waals surface area contributed by atoms with E-state index in [0.717, 1.165) is 0 Å². The average Bonchev–Trinajstić information content (AvgIpc) is 2.80. The number of ketones is 1. The number of carbonyl (C=O) groups excluding carboxylic acids is 1. The van der Waals surface area contributed by atoms with E-state index in [4.69, 9.17) is 14.2 Å². The first kappa shape index (κ1) is 15.2. The van der Waals surface area contributed by atoms with Gasteiger partial charge < -0.3 is 14.2 Å². The lowest BCUT2D eigenvalue weighted by atomic mass is 9.85. The predicted molar refractivity (Wildman–Crippen MR) is 69.1 cm³/mol. The molecule has 18 heavy (non-hydrogen) atoms. The summed E-state index contributed by atoms with van der Waals surface area (Å²) in [7, 11) is 0. The van der Waals surface area contributed by atoms with Gasteiger partial charge >= 0.3 is 0 Å². The highest BCUT2D eigenvalue weighted by molar-refractivity contribution is 5.79. The van der Waals surface area contributed by atoms with Gasteiger partial charge in [-0.15, -0.1) is 0 Å². The molecule has 1 rings (SSSR count). The van der Waals surface area contributed by atoms with Crippen LogP contribution in [0.15, 0.2) is 12.3 Å². The van der Waals surface area contributed by atoms with Gasteiger partial charge in [-0.2, -0.15) is 0 Å². The van der Waals surface area contributed by atoms with Crippen LogP contribution in [0.4, 0.5) is 0 Å². The summed E-state index contributed by atoms with van der Waals surface area (Å²) >= 11 is 0. The van der Waals surface area contributed by atoms with Crippen LogP contribution in [-0.2, 0) is 19.0 Å².